The number of carbonyl (C=O) groups is 2. The second-order valence-corrected chi connectivity index (χ2v) is 15.2. The zero-order valence-electron chi connectivity index (χ0n) is 29.5. The third-order valence-electron chi connectivity index (χ3n) is 9.76. The maximum atomic E-state index is 13.1. The Hall–Kier alpha value is -2.96. The van der Waals surface area contributed by atoms with Crippen LogP contribution in [0.2, 0.25) is 5.02 Å². The molecule has 49 heavy (non-hydrogen) atoms. The smallest absolute Gasteiger partial charge is 0.225 e. The highest BCUT2D eigenvalue weighted by Crippen LogP contribution is 2.43. The SMILES string of the molecule is CCCc1cc(Cl)ccc1C1COc2ccc3cc2N(C1)CC1CCC1C(O)/C=C/CCCN(C)C(=O)CC3OC.CN(C)S(=O)NC=O. The summed E-state index contributed by atoms with van der Waals surface area (Å²) in [7, 11) is 6.74. The minimum atomic E-state index is -1.36. The normalized spacial score (nSPS) is 25.7. The number of hydrogen-bond donors (Lipinski definition) is 2. The molecule has 0 saturated heterocycles. The Morgan fingerprint density at radius 2 is 1.98 bits per heavy atom. The lowest BCUT2D eigenvalue weighted by Crippen LogP contribution is -2.44. The summed E-state index contributed by atoms with van der Waals surface area (Å²) in [6, 6.07) is 12.5. The monoisotopic (exact) mass is 716 g/mol. The van der Waals surface area contributed by atoms with Crippen LogP contribution < -0.4 is 14.4 Å². The summed E-state index contributed by atoms with van der Waals surface area (Å²) in [5, 5.41) is 11.8. The Balaban J connectivity index is 0.000000603. The van der Waals surface area contributed by atoms with Crippen molar-refractivity contribution in [3.63, 3.8) is 0 Å². The summed E-state index contributed by atoms with van der Waals surface area (Å²) in [5.74, 6) is 1.74. The van der Waals surface area contributed by atoms with Crippen LogP contribution in [0, 0.1) is 11.8 Å². The zero-order valence-corrected chi connectivity index (χ0v) is 31.0. The molecule has 6 atom stereocenters. The van der Waals surface area contributed by atoms with E-state index in [1.807, 2.05) is 31.3 Å². The highest BCUT2D eigenvalue weighted by Gasteiger charge is 2.38. The number of aliphatic hydroxyl groups is 1. The minimum absolute atomic E-state index is 0.0672. The van der Waals surface area contributed by atoms with Crippen molar-refractivity contribution in [3.05, 3.63) is 70.3 Å². The Bertz CT molecular complexity index is 1460. The van der Waals surface area contributed by atoms with E-state index in [1.54, 1.807) is 26.1 Å². The zero-order chi connectivity index (χ0) is 35.5. The summed E-state index contributed by atoms with van der Waals surface area (Å²) >= 11 is 5.06. The molecular weight excluding hydrogens is 664 g/mol. The van der Waals surface area contributed by atoms with Crippen LogP contribution in [0.4, 0.5) is 5.69 Å². The van der Waals surface area contributed by atoms with Gasteiger partial charge in [-0.25, -0.2) is 8.51 Å². The number of amides is 2. The fourth-order valence-electron chi connectivity index (χ4n) is 6.83. The molecule has 2 aromatic rings. The molecule has 6 unspecified atom stereocenters. The van der Waals surface area contributed by atoms with Gasteiger partial charge >= 0.3 is 0 Å². The molecule has 3 aliphatic rings. The first kappa shape index (κ1) is 38.8. The van der Waals surface area contributed by atoms with Crippen LogP contribution in [-0.2, 0) is 31.9 Å². The lowest BCUT2D eigenvalue weighted by Gasteiger charge is -2.42. The predicted octanol–water partition coefficient (Wildman–Crippen LogP) is 5.42. The van der Waals surface area contributed by atoms with Crippen molar-refractivity contribution in [2.24, 2.45) is 11.8 Å². The molecule has 2 heterocycles. The molecule has 0 spiro atoms. The van der Waals surface area contributed by atoms with Gasteiger partial charge in [-0.1, -0.05) is 49.2 Å². The van der Waals surface area contributed by atoms with Crippen molar-refractivity contribution in [3.8, 4) is 5.75 Å². The highest BCUT2D eigenvalue weighted by atomic mass is 35.5. The predicted molar refractivity (Wildman–Crippen MR) is 196 cm³/mol. The number of aliphatic hydroxyl groups excluding tert-OH is 1. The Morgan fingerprint density at radius 1 is 1.18 bits per heavy atom. The fraction of sp³-hybridized carbons (Fsp3) is 0.568. The molecular formula is C37H53ClN4O6S. The Morgan fingerprint density at radius 3 is 2.63 bits per heavy atom. The largest absolute Gasteiger partial charge is 0.491 e. The second-order valence-electron chi connectivity index (χ2n) is 13.3. The maximum Gasteiger partial charge on any atom is 0.225 e. The average molecular weight is 717 g/mol. The van der Waals surface area contributed by atoms with Gasteiger partial charge < -0.3 is 24.4 Å². The van der Waals surface area contributed by atoms with Crippen LogP contribution in [0.25, 0.3) is 0 Å². The summed E-state index contributed by atoms with van der Waals surface area (Å²) < 4.78 is 26.3. The van der Waals surface area contributed by atoms with Gasteiger partial charge in [0.15, 0.2) is 11.2 Å². The number of allylic oxidation sites excluding steroid dienone is 1. The van der Waals surface area contributed by atoms with Gasteiger partial charge in [-0.3, -0.25) is 14.3 Å². The van der Waals surface area contributed by atoms with Crippen molar-refractivity contribution in [1.82, 2.24) is 13.9 Å². The molecule has 2 bridgehead atoms. The molecule has 2 amide bonds. The van der Waals surface area contributed by atoms with Crippen LogP contribution in [0.5, 0.6) is 5.75 Å². The molecule has 10 nitrogen and oxygen atoms in total. The van der Waals surface area contributed by atoms with Gasteiger partial charge in [-0.05, 0) is 84.9 Å². The van der Waals surface area contributed by atoms with Crippen molar-refractivity contribution >= 4 is 40.8 Å². The van der Waals surface area contributed by atoms with Crippen LogP contribution in [0.1, 0.15) is 74.2 Å². The van der Waals surface area contributed by atoms with Crippen molar-refractivity contribution in [1.29, 1.82) is 0 Å². The molecule has 270 valence electrons. The van der Waals surface area contributed by atoms with Crippen LogP contribution >= 0.6 is 11.6 Å². The molecule has 2 N–H and O–H groups in total. The minimum Gasteiger partial charge on any atom is -0.491 e. The van der Waals surface area contributed by atoms with Gasteiger partial charge in [0.25, 0.3) is 0 Å². The van der Waals surface area contributed by atoms with E-state index < -0.39 is 17.3 Å². The van der Waals surface area contributed by atoms with E-state index in [1.165, 1.54) is 15.4 Å². The third-order valence-corrected chi connectivity index (χ3v) is 11.0. The second kappa shape index (κ2) is 18.9. The van der Waals surface area contributed by atoms with Crippen molar-refractivity contribution in [2.45, 2.75) is 70.0 Å². The molecule has 0 radical (unpaired) electrons. The number of methoxy groups -OCH3 is 1. The third kappa shape index (κ3) is 10.5. The molecule has 1 fully saturated rings. The van der Waals surface area contributed by atoms with E-state index >= 15 is 0 Å². The molecule has 5 rings (SSSR count). The Kier molecular flexibility index (Phi) is 15.0. The Labute approximate surface area is 299 Å². The van der Waals surface area contributed by atoms with E-state index in [0.29, 0.717) is 31.9 Å². The number of nitrogens with zero attached hydrogens (tertiary/aromatic N) is 3. The quantitative estimate of drug-likeness (QED) is 0.291. The maximum absolute atomic E-state index is 13.1. The fourth-order valence-corrected chi connectivity index (χ4v) is 7.32. The summed E-state index contributed by atoms with van der Waals surface area (Å²) in [6.45, 7) is 5.12. The summed E-state index contributed by atoms with van der Waals surface area (Å²) in [6.07, 6.45) is 9.85. The van der Waals surface area contributed by atoms with Gasteiger partial charge in [-0.2, -0.15) is 0 Å². The number of aryl methyl sites for hydroxylation is 1. The van der Waals surface area contributed by atoms with Gasteiger partial charge in [-0.15, -0.1) is 0 Å². The summed E-state index contributed by atoms with van der Waals surface area (Å²) in [4.78, 5) is 26.9. The molecule has 1 aliphatic carbocycles. The molecule has 2 aliphatic heterocycles. The van der Waals surface area contributed by atoms with Crippen molar-refractivity contribution < 1.29 is 28.4 Å². The number of halogens is 1. The van der Waals surface area contributed by atoms with Crippen molar-refractivity contribution in [2.75, 3.05) is 59.4 Å². The number of nitrogens with one attached hydrogen (secondary N) is 1. The first-order valence-corrected chi connectivity index (χ1v) is 18.7. The van der Waals surface area contributed by atoms with Gasteiger partial charge in [0.2, 0.25) is 12.3 Å². The van der Waals surface area contributed by atoms with Gasteiger partial charge in [0, 0.05) is 58.8 Å². The van der Waals surface area contributed by atoms with Crippen LogP contribution in [0.3, 0.4) is 0 Å². The number of rotatable bonds is 7. The number of benzene rings is 2. The number of carbonyl (C=O) groups excluding carboxylic acids is 2. The number of anilines is 1. The lowest BCUT2D eigenvalue weighted by atomic mass is 9.70. The first-order chi connectivity index (χ1) is 23.6. The standard InChI is InChI=1S/C34H45ClN2O4.C3H8N2O2S/c1-4-8-23-17-27(35)12-14-28(23)26-21-37-20-25-10-13-29(25)31(38)9-6-5-7-16-36(2)34(39)19-33(40-3)24-11-15-32(41-22-26)30(37)18-24;1-5(2)8(7)4-3-6/h6,9,11-12,14-15,17-18,25-26,29,31,33,38H,4-5,7-8,10,13,16,19-22H2,1-3H3;3H,1-2H3,(H,4,6)/b9-6+;. The molecule has 12 heteroatoms. The van der Waals surface area contributed by atoms with E-state index in [2.05, 4.69) is 40.8 Å². The van der Waals surface area contributed by atoms with E-state index in [0.717, 1.165) is 73.6 Å². The highest BCUT2D eigenvalue weighted by molar-refractivity contribution is 7.81. The van der Waals surface area contributed by atoms with Crippen LogP contribution in [-0.4, -0.2) is 91.4 Å². The number of ether oxygens (including phenoxy) is 2. The van der Waals surface area contributed by atoms with E-state index in [-0.39, 0.29) is 23.8 Å². The van der Waals surface area contributed by atoms with Gasteiger partial charge in [0.1, 0.15) is 5.75 Å². The summed E-state index contributed by atoms with van der Waals surface area (Å²) in [5.41, 5.74) is 4.60. The number of hydrogen-bond acceptors (Lipinski definition) is 7. The molecule has 2 aromatic carbocycles. The topological polar surface area (TPSA) is 112 Å². The van der Waals surface area contributed by atoms with Gasteiger partial charge in [0.05, 0.1) is 30.9 Å². The van der Waals surface area contributed by atoms with E-state index in [9.17, 15) is 18.9 Å². The number of fused-ring (bicyclic) bond motifs is 2. The lowest BCUT2D eigenvalue weighted by molar-refractivity contribution is -0.132. The van der Waals surface area contributed by atoms with E-state index in [4.69, 9.17) is 21.1 Å². The average Bonchev–Trinajstić information content (AvgIpc) is 3.24. The molecule has 1 saturated carbocycles. The molecule has 0 aromatic heterocycles. The first-order valence-electron chi connectivity index (χ1n) is 17.3. The van der Waals surface area contributed by atoms with Crippen LogP contribution in [0.15, 0.2) is 48.6 Å².